The van der Waals surface area contributed by atoms with Crippen LogP contribution >= 0.6 is 0 Å². The van der Waals surface area contributed by atoms with Crippen LogP contribution in [0.4, 0.5) is 4.39 Å². The van der Waals surface area contributed by atoms with Crippen molar-refractivity contribution >= 4 is 0 Å². The summed E-state index contributed by atoms with van der Waals surface area (Å²) in [6.45, 7) is 5.42. The second kappa shape index (κ2) is 7.07. The first-order chi connectivity index (χ1) is 9.67. The lowest BCUT2D eigenvalue weighted by atomic mass is 9.85. The molecule has 3 atom stereocenters. The van der Waals surface area contributed by atoms with Gasteiger partial charge in [0.05, 0.1) is 7.11 Å². The monoisotopic (exact) mass is 279 g/mol. The van der Waals surface area contributed by atoms with Crippen LogP contribution in [-0.2, 0) is 0 Å². The molecule has 1 N–H and O–H groups in total. The minimum absolute atomic E-state index is 0.185. The molecule has 1 aliphatic rings. The predicted octanol–water partition coefficient (Wildman–Crippen LogP) is 4.31. The third kappa shape index (κ3) is 3.32. The number of benzene rings is 1. The highest BCUT2D eigenvalue weighted by molar-refractivity contribution is 5.37. The average molecular weight is 279 g/mol. The third-order valence-corrected chi connectivity index (χ3v) is 4.50. The largest absolute Gasteiger partial charge is 0.496 e. The Morgan fingerprint density at radius 2 is 2.20 bits per heavy atom. The number of ether oxygens (including phenoxy) is 1. The predicted molar refractivity (Wildman–Crippen MR) is 80.5 cm³/mol. The summed E-state index contributed by atoms with van der Waals surface area (Å²) in [5.74, 6) is 1.85. The fourth-order valence-corrected chi connectivity index (χ4v) is 3.41. The molecule has 0 aliphatic heterocycles. The molecule has 0 amide bonds. The second-order valence-electron chi connectivity index (χ2n) is 5.89. The Morgan fingerprint density at radius 1 is 1.40 bits per heavy atom. The van der Waals surface area contributed by atoms with Gasteiger partial charge in [0.15, 0.2) is 0 Å². The molecule has 0 aromatic heterocycles. The van der Waals surface area contributed by atoms with Gasteiger partial charge in [0.1, 0.15) is 11.6 Å². The van der Waals surface area contributed by atoms with Gasteiger partial charge in [0.25, 0.3) is 0 Å². The Balaban J connectivity index is 2.32. The molecule has 20 heavy (non-hydrogen) atoms. The van der Waals surface area contributed by atoms with Gasteiger partial charge < -0.3 is 10.1 Å². The SMILES string of the molecule is CCCNC(c1cc(F)ccc1OC)C1CCCC1C. The van der Waals surface area contributed by atoms with Gasteiger partial charge in [-0.25, -0.2) is 4.39 Å². The molecular formula is C17H26FNO. The highest BCUT2D eigenvalue weighted by Crippen LogP contribution is 2.42. The first kappa shape index (κ1) is 15.3. The number of nitrogens with one attached hydrogen (secondary N) is 1. The van der Waals surface area contributed by atoms with Crippen molar-refractivity contribution in [2.75, 3.05) is 13.7 Å². The maximum absolute atomic E-state index is 13.7. The van der Waals surface area contributed by atoms with Crippen molar-refractivity contribution in [1.29, 1.82) is 0 Å². The molecule has 1 aliphatic carbocycles. The van der Waals surface area contributed by atoms with E-state index in [1.54, 1.807) is 19.2 Å². The zero-order valence-electron chi connectivity index (χ0n) is 12.8. The fraction of sp³-hybridized carbons (Fsp3) is 0.647. The van der Waals surface area contributed by atoms with Crippen LogP contribution in [0.15, 0.2) is 18.2 Å². The lowest BCUT2D eigenvalue weighted by molar-refractivity contribution is 0.292. The summed E-state index contributed by atoms with van der Waals surface area (Å²) in [5, 5.41) is 3.61. The maximum atomic E-state index is 13.7. The Morgan fingerprint density at radius 3 is 2.80 bits per heavy atom. The molecule has 0 heterocycles. The van der Waals surface area contributed by atoms with Crippen molar-refractivity contribution in [3.05, 3.63) is 29.6 Å². The lowest BCUT2D eigenvalue weighted by Gasteiger charge is -2.29. The number of rotatable bonds is 6. The number of methoxy groups -OCH3 is 1. The van der Waals surface area contributed by atoms with Crippen molar-refractivity contribution < 1.29 is 9.13 Å². The van der Waals surface area contributed by atoms with Crippen LogP contribution < -0.4 is 10.1 Å². The van der Waals surface area contributed by atoms with Crippen molar-refractivity contribution in [1.82, 2.24) is 5.32 Å². The molecule has 0 spiro atoms. The van der Waals surface area contributed by atoms with Crippen LogP contribution in [0, 0.1) is 17.7 Å². The summed E-state index contributed by atoms with van der Waals surface area (Å²) in [6.07, 6.45) is 4.83. The molecule has 0 saturated heterocycles. The molecule has 0 bridgehead atoms. The van der Waals surface area contributed by atoms with Gasteiger partial charge in [-0.15, -0.1) is 0 Å². The van der Waals surface area contributed by atoms with Gasteiger partial charge in [-0.2, -0.15) is 0 Å². The molecule has 1 aromatic carbocycles. The van der Waals surface area contributed by atoms with E-state index < -0.39 is 0 Å². The topological polar surface area (TPSA) is 21.3 Å². The Kier molecular flexibility index (Phi) is 5.41. The van der Waals surface area contributed by atoms with E-state index in [0.29, 0.717) is 11.8 Å². The van der Waals surface area contributed by atoms with E-state index >= 15 is 0 Å². The molecule has 2 nitrogen and oxygen atoms in total. The van der Waals surface area contributed by atoms with Crippen molar-refractivity contribution in [3.8, 4) is 5.75 Å². The standard InChI is InChI=1S/C17H26FNO/c1-4-10-19-17(14-7-5-6-12(14)2)15-11-13(18)8-9-16(15)20-3/h8-9,11-12,14,17,19H,4-7,10H2,1-3H3. The highest BCUT2D eigenvalue weighted by Gasteiger charge is 2.33. The first-order valence-corrected chi connectivity index (χ1v) is 7.74. The van der Waals surface area contributed by atoms with Crippen molar-refractivity contribution in [2.45, 2.75) is 45.6 Å². The summed E-state index contributed by atoms with van der Waals surface area (Å²) in [6, 6.07) is 5.04. The average Bonchev–Trinajstić information content (AvgIpc) is 2.86. The molecule has 1 fully saturated rings. The molecular weight excluding hydrogens is 253 g/mol. The van der Waals surface area contributed by atoms with Crippen molar-refractivity contribution in [2.24, 2.45) is 11.8 Å². The van der Waals surface area contributed by atoms with Crippen LogP contribution in [0.1, 0.15) is 51.1 Å². The lowest BCUT2D eigenvalue weighted by Crippen LogP contribution is -2.30. The minimum Gasteiger partial charge on any atom is -0.496 e. The van der Waals surface area contributed by atoms with E-state index in [1.807, 2.05) is 0 Å². The molecule has 112 valence electrons. The maximum Gasteiger partial charge on any atom is 0.123 e. The van der Waals surface area contributed by atoms with Gasteiger partial charge in [-0.05, 0) is 49.4 Å². The summed E-state index contributed by atoms with van der Waals surface area (Å²) in [5.41, 5.74) is 0.972. The van der Waals surface area contributed by atoms with Gasteiger partial charge in [-0.1, -0.05) is 26.7 Å². The van der Waals surface area contributed by atoms with E-state index in [1.165, 1.54) is 25.3 Å². The summed E-state index contributed by atoms with van der Waals surface area (Å²) in [7, 11) is 1.66. The zero-order valence-corrected chi connectivity index (χ0v) is 12.8. The quantitative estimate of drug-likeness (QED) is 0.837. The zero-order chi connectivity index (χ0) is 14.5. The van der Waals surface area contributed by atoms with Crippen LogP contribution in [0.5, 0.6) is 5.75 Å². The summed E-state index contributed by atoms with van der Waals surface area (Å²) in [4.78, 5) is 0. The molecule has 2 rings (SSSR count). The first-order valence-electron chi connectivity index (χ1n) is 7.74. The third-order valence-electron chi connectivity index (χ3n) is 4.50. The van der Waals surface area contributed by atoms with Gasteiger partial charge >= 0.3 is 0 Å². The number of hydrogen-bond acceptors (Lipinski definition) is 2. The minimum atomic E-state index is -0.185. The molecule has 1 saturated carbocycles. The smallest absolute Gasteiger partial charge is 0.123 e. The summed E-state index contributed by atoms with van der Waals surface area (Å²) < 4.78 is 19.1. The number of hydrogen-bond donors (Lipinski definition) is 1. The molecule has 0 radical (unpaired) electrons. The van der Waals surface area contributed by atoms with Crippen LogP contribution in [-0.4, -0.2) is 13.7 Å². The van der Waals surface area contributed by atoms with E-state index in [9.17, 15) is 4.39 Å². The molecule has 1 aromatic rings. The van der Waals surface area contributed by atoms with Crippen LogP contribution in [0.25, 0.3) is 0 Å². The molecule has 3 heteroatoms. The van der Waals surface area contributed by atoms with E-state index in [2.05, 4.69) is 19.2 Å². The van der Waals surface area contributed by atoms with E-state index in [4.69, 9.17) is 4.74 Å². The highest BCUT2D eigenvalue weighted by atomic mass is 19.1. The Bertz CT molecular complexity index is 435. The van der Waals surface area contributed by atoms with Gasteiger partial charge in [0, 0.05) is 11.6 Å². The molecule has 3 unspecified atom stereocenters. The van der Waals surface area contributed by atoms with Gasteiger partial charge in [-0.3, -0.25) is 0 Å². The summed E-state index contributed by atoms with van der Waals surface area (Å²) >= 11 is 0. The van der Waals surface area contributed by atoms with Crippen molar-refractivity contribution in [3.63, 3.8) is 0 Å². The second-order valence-corrected chi connectivity index (χ2v) is 5.89. The van der Waals surface area contributed by atoms with Crippen LogP contribution in [0.3, 0.4) is 0 Å². The van der Waals surface area contributed by atoms with Gasteiger partial charge in [0.2, 0.25) is 0 Å². The normalized spacial score (nSPS) is 23.8. The van der Waals surface area contributed by atoms with E-state index in [0.717, 1.165) is 24.3 Å². The Hall–Kier alpha value is -1.09. The van der Waals surface area contributed by atoms with Crippen LogP contribution in [0.2, 0.25) is 0 Å². The Labute approximate surface area is 121 Å². The van der Waals surface area contributed by atoms with E-state index in [-0.39, 0.29) is 11.9 Å². The fourth-order valence-electron chi connectivity index (χ4n) is 3.41. The number of halogens is 1.